The number of aromatic nitrogens is 1. The number of ether oxygens (including phenoxy) is 1. The van der Waals surface area contributed by atoms with Crippen molar-refractivity contribution in [2.24, 2.45) is 0 Å². The molecular weight excluding hydrogens is 523 g/mol. The zero-order valence-corrected chi connectivity index (χ0v) is 21.9. The van der Waals surface area contributed by atoms with Crippen LogP contribution in [-0.4, -0.2) is 29.7 Å². The molecule has 1 aromatic heterocycles. The Labute approximate surface area is 228 Å². The minimum atomic E-state index is -1.17. The summed E-state index contributed by atoms with van der Waals surface area (Å²) in [6, 6.07) is 17.0. The monoisotopic (exact) mass is 546 g/mol. The number of nitrogens with one attached hydrogen (secondary N) is 1. The molecule has 7 nitrogen and oxygen atoms in total. The van der Waals surface area contributed by atoms with Crippen LogP contribution < -0.4 is 15.6 Å². The number of pyridine rings is 1. The summed E-state index contributed by atoms with van der Waals surface area (Å²) >= 11 is 6.19. The topological polar surface area (TPSA) is 94.5 Å². The minimum absolute atomic E-state index is 0.136. The van der Waals surface area contributed by atoms with Crippen LogP contribution in [0, 0.1) is 5.82 Å². The average Bonchev–Trinajstić information content (AvgIpc) is 2.93. The van der Waals surface area contributed by atoms with Crippen LogP contribution >= 0.6 is 11.6 Å². The van der Waals surface area contributed by atoms with Gasteiger partial charge in [-0.3, -0.25) is 23.7 Å². The number of hydrogen-bond acceptors (Lipinski definition) is 5. The van der Waals surface area contributed by atoms with Crippen LogP contribution in [0.2, 0.25) is 5.02 Å². The van der Waals surface area contributed by atoms with Crippen molar-refractivity contribution in [3.8, 4) is 16.9 Å². The molecule has 1 N–H and O–H groups in total. The molecule has 0 radical (unpaired) electrons. The Balaban J connectivity index is 1.82. The highest BCUT2D eigenvalue weighted by atomic mass is 35.5. The van der Waals surface area contributed by atoms with Gasteiger partial charge in [-0.1, -0.05) is 29.8 Å². The Hall–Kier alpha value is -4.56. The molecule has 9 heteroatoms. The molecule has 0 saturated carbocycles. The van der Waals surface area contributed by atoms with E-state index in [0.29, 0.717) is 39.2 Å². The van der Waals surface area contributed by atoms with E-state index < -0.39 is 23.3 Å². The summed E-state index contributed by atoms with van der Waals surface area (Å²) in [5.41, 5.74) is 1.55. The van der Waals surface area contributed by atoms with E-state index in [4.69, 9.17) is 16.3 Å². The zero-order chi connectivity index (χ0) is 28.1. The fourth-order valence-electron chi connectivity index (χ4n) is 4.25. The molecule has 4 aromatic rings. The first-order valence-electron chi connectivity index (χ1n) is 11.9. The number of halogens is 2. The number of ketones is 1. The first-order chi connectivity index (χ1) is 18.7. The molecule has 1 heterocycles. The van der Waals surface area contributed by atoms with Gasteiger partial charge in [-0.05, 0) is 66.6 Å². The van der Waals surface area contributed by atoms with Gasteiger partial charge in [-0.25, -0.2) is 4.39 Å². The highest BCUT2D eigenvalue weighted by Crippen LogP contribution is 2.34. The average molecular weight is 547 g/mol. The number of nitrogens with zero attached hydrogens (tertiary/aromatic N) is 1. The van der Waals surface area contributed by atoms with Gasteiger partial charge in [0.25, 0.3) is 5.56 Å². The van der Waals surface area contributed by atoms with E-state index in [2.05, 4.69) is 5.32 Å². The maximum atomic E-state index is 14.6. The minimum Gasteiger partial charge on any atom is -0.495 e. The van der Waals surface area contributed by atoms with Gasteiger partial charge in [-0.2, -0.15) is 0 Å². The highest BCUT2D eigenvalue weighted by molar-refractivity contribution is 6.31. The van der Waals surface area contributed by atoms with E-state index in [0.717, 1.165) is 0 Å². The van der Waals surface area contributed by atoms with E-state index in [-0.39, 0.29) is 23.5 Å². The Bertz CT molecular complexity index is 1610. The maximum absolute atomic E-state index is 14.6. The number of benzene rings is 3. The molecule has 0 saturated heterocycles. The van der Waals surface area contributed by atoms with Crippen LogP contribution in [0.4, 0.5) is 10.1 Å². The number of methoxy groups -OCH3 is 1. The van der Waals surface area contributed by atoms with Crippen molar-refractivity contribution in [3.05, 3.63) is 117 Å². The molecule has 0 aliphatic rings. The Morgan fingerprint density at radius 1 is 1.05 bits per heavy atom. The molecule has 0 spiro atoms. The van der Waals surface area contributed by atoms with Gasteiger partial charge in [0.1, 0.15) is 23.9 Å². The van der Waals surface area contributed by atoms with Gasteiger partial charge in [0.05, 0.1) is 13.3 Å². The predicted molar refractivity (Wildman–Crippen MR) is 147 cm³/mol. The molecule has 1 unspecified atom stereocenters. The molecule has 198 valence electrons. The van der Waals surface area contributed by atoms with Crippen LogP contribution in [0.3, 0.4) is 0 Å². The number of hydrogen-bond donors (Lipinski definition) is 1. The van der Waals surface area contributed by atoms with Gasteiger partial charge >= 0.3 is 0 Å². The molecule has 39 heavy (non-hydrogen) atoms. The highest BCUT2D eigenvalue weighted by Gasteiger charge is 2.26. The third-order valence-electron chi connectivity index (χ3n) is 6.24. The summed E-state index contributed by atoms with van der Waals surface area (Å²) < 4.78 is 21.3. The molecule has 0 fully saturated rings. The number of aldehydes is 1. The fourth-order valence-corrected chi connectivity index (χ4v) is 4.42. The summed E-state index contributed by atoms with van der Waals surface area (Å²) in [5, 5.41) is 3.09. The second kappa shape index (κ2) is 11.9. The third kappa shape index (κ3) is 6.13. The number of carbonyl (C=O) groups excluding carboxylic acids is 3. The normalized spacial score (nSPS) is 11.5. The second-order valence-electron chi connectivity index (χ2n) is 8.79. The van der Waals surface area contributed by atoms with Crippen LogP contribution in [0.5, 0.6) is 5.75 Å². The fraction of sp³-hybridized carbons (Fsp3) is 0.133. The molecule has 0 bridgehead atoms. The lowest BCUT2D eigenvalue weighted by atomic mass is 9.97. The lowest BCUT2D eigenvalue weighted by Gasteiger charge is -2.22. The van der Waals surface area contributed by atoms with Crippen molar-refractivity contribution in [1.82, 2.24) is 4.57 Å². The van der Waals surface area contributed by atoms with E-state index in [1.54, 1.807) is 36.4 Å². The van der Waals surface area contributed by atoms with Crippen LogP contribution in [0.1, 0.15) is 39.2 Å². The van der Waals surface area contributed by atoms with Gasteiger partial charge < -0.3 is 10.1 Å². The van der Waals surface area contributed by atoms with E-state index in [1.165, 1.54) is 61.2 Å². The van der Waals surface area contributed by atoms with Crippen molar-refractivity contribution in [2.75, 3.05) is 12.4 Å². The number of anilines is 1. The molecule has 0 aliphatic carbocycles. The standard InChI is InChI=1S/C30H24ClFN2O5/c1-18(36)23-12-9-21(31)14-24(23)25-15-29(37)34(16-28(25)39-2)27(13-20-5-3-4-6-26(20)32)30(38)33-22-10-7-19(17-35)8-11-22/h3-12,14-17,27H,13H2,1-2H3,(H,33,38). The van der Waals surface area contributed by atoms with Crippen molar-refractivity contribution in [2.45, 2.75) is 19.4 Å². The summed E-state index contributed by atoms with van der Waals surface area (Å²) in [5.74, 6) is -1.13. The summed E-state index contributed by atoms with van der Waals surface area (Å²) in [6.45, 7) is 1.40. The summed E-state index contributed by atoms with van der Waals surface area (Å²) in [6.07, 6.45) is 1.91. The number of rotatable bonds is 9. The van der Waals surface area contributed by atoms with Crippen molar-refractivity contribution in [1.29, 1.82) is 0 Å². The smallest absolute Gasteiger partial charge is 0.252 e. The Morgan fingerprint density at radius 3 is 2.41 bits per heavy atom. The maximum Gasteiger partial charge on any atom is 0.252 e. The lowest BCUT2D eigenvalue weighted by Crippen LogP contribution is -2.34. The quantitative estimate of drug-likeness (QED) is 0.213. The van der Waals surface area contributed by atoms with Crippen LogP contribution in [0.25, 0.3) is 11.1 Å². The zero-order valence-electron chi connectivity index (χ0n) is 21.1. The SMILES string of the molecule is COc1cn(C(Cc2ccccc2F)C(=O)Nc2ccc(C=O)cc2)c(=O)cc1-c1cc(Cl)ccc1C(C)=O. The number of carbonyl (C=O) groups is 3. The first kappa shape index (κ1) is 27.5. The molecule has 1 amide bonds. The molecular formula is C30H24ClFN2O5. The Morgan fingerprint density at radius 2 is 1.77 bits per heavy atom. The number of Topliss-reactive ketones (excluding diaryl/α,β-unsaturated/α-hetero) is 1. The lowest BCUT2D eigenvalue weighted by molar-refractivity contribution is -0.119. The van der Waals surface area contributed by atoms with Crippen molar-refractivity contribution < 1.29 is 23.5 Å². The van der Waals surface area contributed by atoms with Gasteiger partial charge in [-0.15, -0.1) is 0 Å². The van der Waals surface area contributed by atoms with Gasteiger partial charge in [0, 0.05) is 39.9 Å². The molecule has 1 atom stereocenters. The largest absolute Gasteiger partial charge is 0.495 e. The van der Waals surface area contributed by atoms with Crippen molar-refractivity contribution >= 4 is 35.3 Å². The van der Waals surface area contributed by atoms with E-state index in [9.17, 15) is 23.6 Å². The molecule has 4 rings (SSSR count). The van der Waals surface area contributed by atoms with E-state index in [1.807, 2.05) is 0 Å². The first-order valence-corrected chi connectivity index (χ1v) is 12.3. The predicted octanol–water partition coefficient (Wildman–Crippen LogP) is 5.75. The molecule has 3 aromatic carbocycles. The van der Waals surface area contributed by atoms with Crippen LogP contribution in [-0.2, 0) is 11.2 Å². The summed E-state index contributed by atoms with van der Waals surface area (Å²) in [4.78, 5) is 50.2. The van der Waals surface area contributed by atoms with Gasteiger partial charge in [0.15, 0.2) is 5.78 Å². The summed E-state index contributed by atoms with van der Waals surface area (Å²) in [7, 11) is 1.40. The Kier molecular flexibility index (Phi) is 8.36. The van der Waals surface area contributed by atoms with Crippen LogP contribution in [0.15, 0.2) is 83.8 Å². The molecule has 0 aliphatic heterocycles. The third-order valence-corrected chi connectivity index (χ3v) is 6.47. The van der Waals surface area contributed by atoms with Gasteiger partial charge in [0.2, 0.25) is 5.91 Å². The second-order valence-corrected chi connectivity index (χ2v) is 9.22. The van der Waals surface area contributed by atoms with E-state index >= 15 is 0 Å². The van der Waals surface area contributed by atoms with Crippen molar-refractivity contribution in [3.63, 3.8) is 0 Å². The number of amides is 1.